The normalized spacial score (nSPS) is 10.6. The van der Waals surface area contributed by atoms with Crippen LogP contribution >= 0.6 is 15.9 Å². The van der Waals surface area contributed by atoms with Crippen LogP contribution in [0.4, 0.5) is 4.39 Å². The van der Waals surface area contributed by atoms with Crippen molar-refractivity contribution in [2.75, 3.05) is 0 Å². The molecule has 4 nitrogen and oxygen atoms in total. The third-order valence-corrected chi connectivity index (χ3v) is 3.05. The summed E-state index contributed by atoms with van der Waals surface area (Å²) >= 11 is 3.09. The van der Waals surface area contributed by atoms with Crippen LogP contribution in [0, 0.1) is 5.82 Å². The number of para-hydroxylation sites is 1. The zero-order chi connectivity index (χ0) is 13.2. The Labute approximate surface area is 116 Å². The Bertz CT molecular complexity index is 751. The van der Waals surface area contributed by atoms with E-state index in [0.717, 1.165) is 0 Å². The second-order valence-corrected chi connectivity index (χ2v) is 4.62. The average molecular weight is 320 g/mol. The summed E-state index contributed by atoms with van der Waals surface area (Å²) in [6, 6.07) is 11.8. The standard InChI is InChI=1S/C13H7BrFN3O/c14-9-7-8(5-6-10(9)15)19-13-16-11-3-1-2-4-12(11)17-18-13/h1-7H. The maximum Gasteiger partial charge on any atom is 0.341 e. The molecule has 0 aliphatic heterocycles. The van der Waals surface area contributed by atoms with Crippen LogP contribution in [-0.4, -0.2) is 15.2 Å². The predicted molar refractivity (Wildman–Crippen MR) is 71.5 cm³/mol. The molecule has 2 aromatic carbocycles. The molecule has 0 N–H and O–H groups in total. The number of nitrogens with zero attached hydrogens (tertiary/aromatic N) is 3. The molecule has 0 amide bonds. The molecule has 19 heavy (non-hydrogen) atoms. The molecule has 0 aliphatic rings. The summed E-state index contributed by atoms with van der Waals surface area (Å²) in [5.74, 6) is 0.0789. The van der Waals surface area contributed by atoms with Crippen molar-refractivity contribution in [3.8, 4) is 11.8 Å². The van der Waals surface area contributed by atoms with Gasteiger partial charge in [0, 0.05) is 0 Å². The number of hydrogen-bond acceptors (Lipinski definition) is 4. The highest BCUT2D eigenvalue weighted by atomic mass is 79.9. The molecular weight excluding hydrogens is 313 g/mol. The summed E-state index contributed by atoms with van der Waals surface area (Å²) < 4.78 is 18.9. The summed E-state index contributed by atoms with van der Waals surface area (Å²) in [4.78, 5) is 4.22. The van der Waals surface area contributed by atoms with E-state index < -0.39 is 0 Å². The number of rotatable bonds is 2. The van der Waals surface area contributed by atoms with Crippen LogP contribution in [0.1, 0.15) is 0 Å². The maximum absolute atomic E-state index is 13.1. The number of fused-ring (bicyclic) bond motifs is 1. The van der Waals surface area contributed by atoms with Gasteiger partial charge in [0.2, 0.25) is 0 Å². The van der Waals surface area contributed by atoms with Crippen molar-refractivity contribution in [2.45, 2.75) is 0 Å². The van der Waals surface area contributed by atoms with Crippen molar-refractivity contribution in [2.24, 2.45) is 0 Å². The lowest BCUT2D eigenvalue weighted by Gasteiger charge is -2.04. The number of benzene rings is 2. The molecule has 0 spiro atoms. The predicted octanol–water partition coefficient (Wildman–Crippen LogP) is 3.72. The topological polar surface area (TPSA) is 47.9 Å². The van der Waals surface area contributed by atoms with Crippen molar-refractivity contribution in [1.82, 2.24) is 15.2 Å². The van der Waals surface area contributed by atoms with Gasteiger partial charge in [-0.1, -0.05) is 17.2 Å². The van der Waals surface area contributed by atoms with E-state index in [1.807, 2.05) is 24.3 Å². The number of aromatic nitrogens is 3. The second-order valence-electron chi connectivity index (χ2n) is 3.76. The van der Waals surface area contributed by atoms with Crippen LogP contribution in [0.15, 0.2) is 46.9 Å². The van der Waals surface area contributed by atoms with Crippen LogP contribution in [0.25, 0.3) is 11.0 Å². The Kier molecular flexibility index (Phi) is 3.08. The fourth-order valence-electron chi connectivity index (χ4n) is 1.55. The monoisotopic (exact) mass is 319 g/mol. The van der Waals surface area contributed by atoms with Crippen LogP contribution in [0.5, 0.6) is 11.8 Å². The minimum Gasteiger partial charge on any atom is -0.423 e. The van der Waals surface area contributed by atoms with Gasteiger partial charge in [-0.25, -0.2) is 4.39 Å². The zero-order valence-electron chi connectivity index (χ0n) is 9.55. The lowest BCUT2D eigenvalue weighted by molar-refractivity contribution is 0.435. The summed E-state index contributed by atoms with van der Waals surface area (Å²) in [5.41, 5.74) is 1.38. The number of halogens is 2. The first-order chi connectivity index (χ1) is 9.22. The van der Waals surface area contributed by atoms with Crippen LogP contribution in [0.3, 0.4) is 0 Å². The van der Waals surface area contributed by atoms with Crippen LogP contribution in [0.2, 0.25) is 0 Å². The van der Waals surface area contributed by atoms with Gasteiger partial charge in [0.05, 0.1) is 9.99 Å². The molecule has 3 aromatic rings. The first-order valence-corrected chi connectivity index (χ1v) is 6.24. The van der Waals surface area contributed by atoms with Crippen LogP contribution in [-0.2, 0) is 0 Å². The van der Waals surface area contributed by atoms with E-state index in [-0.39, 0.29) is 11.8 Å². The first kappa shape index (κ1) is 12.0. The molecule has 0 saturated heterocycles. The highest BCUT2D eigenvalue weighted by molar-refractivity contribution is 9.10. The van der Waals surface area contributed by atoms with E-state index in [4.69, 9.17) is 4.74 Å². The van der Waals surface area contributed by atoms with Crippen molar-refractivity contribution in [1.29, 1.82) is 0 Å². The average Bonchev–Trinajstić information content (AvgIpc) is 2.43. The van der Waals surface area contributed by atoms with Gasteiger partial charge < -0.3 is 4.74 Å². The van der Waals surface area contributed by atoms with Gasteiger partial charge in [0.25, 0.3) is 0 Å². The fraction of sp³-hybridized carbons (Fsp3) is 0. The van der Waals surface area contributed by atoms with Gasteiger partial charge in [-0.05, 0) is 46.3 Å². The molecule has 0 saturated carbocycles. The molecular formula is C13H7BrFN3O. The Morgan fingerprint density at radius 3 is 2.58 bits per heavy atom. The lowest BCUT2D eigenvalue weighted by Crippen LogP contribution is -1.95. The zero-order valence-corrected chi connectivity index (χ0v) is 11.1. The summed E-state index contributed by atoms with van der Waals surface area (Å²) in [5, 5.41) is 7.86. The van der Waals surface area contributed by atoms with E-state index in [9.17, 15) is 4.39 Å². The number of ether oxygens (including phenoxy) is 1. The van der Waals surface area contributed by atoms with E-state index in [0.29, 0.717) is 21.3 Å². The van der Waals surface area contributed by atoms with Gasteiger partial charge >= 0.3 is 6.01 Å². The molecule has 0 radical (unpaired) electrons. The molecule has 1 aromatic heterocycles. The van der Waals surface area contributed by atoms with E-state index in [1.54, 1.807) is 0 Å². The third-order valence-electron chi connectivity index (χ3n) is 2.44. The van der Waals surface area contributed by atoms with Crippen molar-refractivity contribution < 1.29 is 9.13 Å². The van der Waals surface area contributed by atoms with Crippen LogP contribution < -0.4 is 4.74 Å². The molecule has 0 bridgehead atoms. The van der Waals surface area contributed by atoms with E-state index in [2.05, 4.69) is 31.1 Å². The second kappa shape index (κ2) is 4.89. The molecule has 0 aliphatic carbocycles. The van der Waals surface area contributed by atoms with E-state index in [1.165, 1.54) is 18.2 Å². The SMILES string of the molecule is Fc1ccc(Oc2nnc3ccccc3n2)cc1Br. The van der Waals surface area contributed by atoms with Crippen molar-refractivity contribution in [3.05, 3.63) is 52.8 Å². The Balaban J connectivity index is 1.94. The van der Waals surface area contributed by atoms with Gasteiger partial charge in [0.1, 0.15) is 17.1 Å². The summed E-state index contributed by atoms with van der Waals surface area (Å²) in [6.07, 6.45) is 0. The van der Waals surface area contributed by atoms with Gasteiger partial charge in [-0.15, -0.1) is 5.10 Å². The highest BCUT2D eigenvalue weighted by Gasteiger charge is 2.06. The Hall–Kier alpha value is -2.08. The third kappa shape index (κ3) is 2.53. The number of hydrogen-bond donors (Lipinski definition) is 0. The van der Waals surface area contributed by atoms with Crippen molar-refractivity contribution >= 4 is 27.0 Å². The quantitative estimate of drug-likeness (QED) is 0.722. The maximum atomic E-state index is 13.1. The summed E-state index contributed by atoms with van der Waals surface area (Å²) in [6.45, 7) is 0. The Morgan fingerprint density at radius 2 is 1.79 bits per heavy atom. The van der Waals surface area contributed by atoms with Gasteiger partial charge in [0.15, 0.2) is 0 Å². The van der Waals surface area contributed by atoms with Gasteiger partial charge in [-0.2, -0.15) is 4.98 Å². The molecule has 0 unspecified atom stereocenters. The largest absolute Gasteiger partial charge is 0.423 e. The molecule has 6 heteroatoms. The van der Waals surface area contributed by atoms with Crippen molar-refractivity contribution in [3.63, 3.8) is 0 Å². The molecule has 3 rings (SSSR count). The fourth-order valence-corrected chi connectivity index (χ4v) is 1.91. The summed E-state index contributed by atoms with van der Waals surface area (Å²) in [7, 11) is 0. The molecule has 0 fully saturated rings. The molecule has 1 heterocycles. The molecule has 0 atom stereocenters. The van der Waals surface area contributed by atoms with Gasteiger partial charge in [-0.3, -0.25) is 0 Å². The van der Waals surface area contributed by atoms with E-state index >= 15 is 0 Å². The molecule has 94 valence electrons. The Morgan fingerprint density at radius 1 is 1.00 bits per heavy atom. The first-order valence-electron chi connectivity index (χ1n) is 5.45. The lowest BCUT2D eigenvalue weighted by atomic mass is 10.3. The minimum atomic E-state index is -0.357. The minimum absolute atomic E-state index is 0.122. The smallest absolute Gasteiger partial charge is 0.341 e. The highest BCUT2D eigenvalue weighted by Crippen LogP contribution is 2.24.